The summed E-state index contributed by atoms with van der Waals surface area (Å²) in [5, 5.41) is 1.97. The summed E-state index contributed by atoms with van der Waals surface area (Å²) in [6, 6.07) is 9.63. The van der Waals surface area contributed by atoms with Gasteiger partial charge in [-0.05, 0) is 12.1 Å². The average Bonchev–Trinajstić information content (AvgIpc) is 2.66. The quantitative estimate of drug-likeness (QED) is 0.644. The second-order valence-electron chi connectivity index (χ2n) is 3.65. The van der Waals surface area contributed by atoms with E-state index in [1.807, 2.05) is 24.3 Å². The van der Waals surface area contributed by atoms with Gasteiger partial charge in [0.2, 0.25) is 5.91 Å². The highest BCUT2D eigenvalue weighted by Gasteiger charge is 2.07. The number of carbonyl (C=O) groups is 1. The average molecular weight is 211 g/mol. The van der Waals surface area contributed by atoms with Crippen LogP contribution in [0.3, 0.4) is 0 Å². The number of pyridine rings is 1. The summed E-state index contributed by atoms with van der Waals surface area (Å²) in [6.07, 6.45) is 1.49. The molecule has 0 unspecified atom stereocenters. The molecule has 2 aromatic heterocycles. The maximum absolute atomic E-state index is 11.1. The van der Waals surface area contributed by atoms with Crippen molar-refractivity contribution in [2.75, 3.05) is 0 Å². The minimum Gasteiger partial charge on any atom is -0.366 e. The second kappa shape index (κ2) is 3.06. The van der Waals surface area contributed by atoms with Gasteiger partial charge < -0.3 is 10.7 Å². The number of nitrogens with two attached hydrogens (primary N) is 1. The van der Waals surface area contributed by atoms with E-state index in [0.717, 1.165) is 21.9 Å². The van der Waals surface area contributed by atoms with Gasteiger partial charge in [0.05, 0.1) is 5.56 Å². The van der Waals surface area contributed by atoms with Crippen LogP contribution in [0.2, 0.25) is 0 Å². The van der Waals surface area contributed by atoms with Crippen molar-refractivity contribution in [3.63, 3.8) is 0 Å². The van der Waals surface area contributed by atoms with Crippen LogP contribution in [-0.2, 0) is 0 Å². The molecule has 3 rings (SSSR count). The molecule has 2 heterocycles. The van der Waals surface area contributed by atoms with Crippen LogP contribution < -0.4 is 5.73 Å². The Bertz CT molecular complexity index is 700. The first-order chi connectivity index (χ1) is 7.75. The number of primary amides is 1. The standard InChI is InChI=1S/C12H9N3O/c13-11(16)7-5-9-8-3-1-2-4-10(8)15-12(9)14-6-7/h1-6H,(H2,13,16)(H,14,15). The van der Waals surface area contributed by atoms with Crippen LogP contribution in [0.4, 0.5) is 0 Å². The number of aromatic nitrogens is 2. The summed E-state index contributed by atoms with van der Waals surface area (Å²) in [4.78, 5) is 18.4. The molecule has 0 aliphatic rings. The molecule has 78 valence electrons. The van der Waals surface area contributed by atoms with E-state index in [1.54, 1.807) is 6.07 Å². The van der Waals surface area contributed by atoms with E-state index >= 15 is 0 Å². The lowest BCUT2D eigenvalue weighted by Gasteiger charge is -1.94. The molecule has 4 heteroatoms. The van der Waals surface area contributed by atoms with Gasteiger partial charge in [0.25, 0.3) is 0 Å². The van der Waals surface area contributed by atoms with Crippen molar-refractivity contribution < 1.29 is 4.79 Å². The number of nitrogens with one attached hydrogen (secondary N) is 1. The Balaban J connectivity index is 2.44. The van der Waals surface area contributed by atoms with E-state index in [-0.39, 0.29) is 0 Å². The third kappa shape index (κ3) is 1.16. The maximum atomic E-state index is 11.1. The zero-order valence-corrected chi connectivity index (χ0v) is 8.40. The van der Waals surface area contributed by atoms with Crippen molar-refractivity contribution >= 4 is 27.8 Å². The summed E-state index contributed by atoms with van der Waals surface area (Å²) < 4.78 is 0. The highest BCUT2D eigenvalue weighted by Crippen LogP contribution is 2.24. The lowest BCUT2D eigenvalue weighted by Crippen LogP contribution is -2.10. The summed E-state index contributed by atoms with van der Waals surface area (Å²) in [6.45, 7) is 0. The zero-order chi connectivity index (χ0) is 11.1. The predicted octanol–water partition coefficient (Wildman–Crippen LogP) is 1.81. The Hall–Kier alpha value is -2.36. The summed E-state index contributed by atoms with van der Waals surface area (Å²) in [5.74, 6) is -0.459. The molecule has 0 saturated carbocycles. The minimum atomic E-state index is -0.459. The molecule has 0 saturated heterocycles. The van der Waals surface area contributed by atoms with E-state index < -0.39 is 5.91 Å². The van der Waals surface area contributed by atoms with Crippen LogP contribution in [0, 0.1) is 0 Å². The molecule has 0 radical (unpaired) electrons. The van der Waals surface area contributed by atoms with E-state index in [9.17, 15) is 4.79 Å². The fourth-order valence-electron chi connectivity index (χ4n) is 1.86. The Morgan fingerprint density at radius 3 is 2.88 bits per heavy atom. The van der Waals surface area contributed by atoms with Crippen LogP contribution in [0.25, 0.3) is 21.9 Å². The molecule has 16 heavy (non-hydrogen) atoms. The molecular formula is C12H9N3O. The summed E-state index contributed by atoms with van der Waals surface area (Å²) >= 11 is 0. The fraction of sp³-hybridized carbons (Fsp3) is 0. The van der Waals surface area contributed by atoms with Gasteiger partial charge in [0, 0.05) is 22.5 Å². The van der Waals surface area contributed by atoms with E-state index in [2.05, 4.69) is 9.97 Å². The molecule has 0 fully saturated rings. The number of rotatable bonds is 1. The monoisotopic (exact) mass is 211 g/mol. The first kappa shape index (κ1) is 8.91. The largest absolute Gasteiger partial charge is 0.366 e. The Morgan fingerprint density at radius 2 is 2.06 bits per heavy atom. The minimum absolute atomic E-state index is 0.428. The number of amides is 1. The number of benzene rings is 1. The molecule has 4 nitrogen and oxygen atoms in total. The van der Waals surface area contributed by atoms with Crippen molar-refractivity contribution in [3.05, 3.63) is 42.1 Å². The van der Waals surface area contributed by atoms with Crippen LogP contribution in [0.5, 0.6) is 0 Å². The fourth-order valence-corrected chi connectivity index (χ4v) is 1.86. The molecular weight excluding hydrogens is 202 g/mol. The van der Waals surface area contributed by atoms with Gasteiger partial charge in [-0.1, -0.05) is 18.2 Å². The third-order valence-corrected chi connectivity index (χ3v) is 2.64. The van der Waals surface area contributed by atoms with Gasteiger partial charge in [-0.15, -0.1) is 0 Å². The normalized spacial score (nSPS) is 11.0. The molecule has 1 amide bonds. The number of carbonyl (C=O) groups excluding carboxylic acids is 1. The second-order valence-corrected chi connectivity index (χ2v) is 3.65. The molecule has 0 bridgehead atoms. The Morgan fingerprint density at radius 1 is 1.25 bits per heavy atom. The molecule has 0 aliphatic carbocycles. The van der Waals surface area contributed by atoms with Gasteiger partial charge in [-0.3, -0.25) is 4.79 Å². The topological polar surface area (TPSA) is 71.8 Å². The molecule has 0 spiro atoms. The number of hydrogen-bond acceptors (Lipinski definition) is 2. The van der Waals surface area contributed by atoms with E-state index in [1.165, 1.54) is 6.20 Å². The SMILES string of the molecule is NC(=O)c1cnc2[nH]c3ccccc3c2c1. The summed E-state index contributed by atoms with van der Waals surface area (Å²) in [7, 11) is 0. The van der Waals surface area contributed by atoms with Crippen molar-refractivity contribution in [2.24, 2.45) is 5.73 Å². The molecule has 1 aromatic carbocycles. The highest BCUT2D eigenvalue weighted by molar-refractivity contribution is 6.08. The predicted molar refractivity (Wildman–Crippen MR) is 62.1 cm³/mol. The van der Waals surface area contributed by atoms with Crippen LogP contribution in [0.1, 0.15) is 10.4 Å². The van der Waals surface area contributed by atoms with Crippen molar-refractivity contribution in [3.8, 4) is 0 Å². The molecule has 3 aromatic rings. The molecule has 0 atom stereocenters. The summed E-state index contributed by atoms with van der Waals surface area (Å²) in [5.41, 5.74) is 7.43. The van der Waals surface area contributed by atoms with Crippen LogP contribution in [0.15, 0.2) is 36.5 Å². The lowest BCUT2D eigenvalue weighted by molar-refractivity contribution is 0.1000. The first-order valence-electron chi connectivity index (χ1n) is 4.92. The van der Waals surface area contributed by atoms with Crippen LogP contribution >= 0.6 is 0 Å². The zero-order valence-electron chi connectivity index (χ0n) is 8.40. The smallest absolute Gasteiger partial charge is 0.250 e. The van der Waals surface area contributed by atoms with Crippen molar-refractivity contribution in [2.45, 2.75) is 0 Å². The molecule has 3 N–H and O–H groups in total. The van der Waals surface area contributed by atoms with E-state index in [4.69, 9.17) is 5.73 Å². The first-order valence-corrected chi connectivity index (χ1v) is 4.92. The van der Waals surface area contributed by atoms with Crippen molar-refractivity contribution in [1.82, 2.24) is 9.97 Å². The Labute approximate surface area is 91.1 Å². The van der Waals surface area contributed by atoms with E-state index in [0.29, 0.717) is 5.56 Å². The van der Waals surface area contributed by atoms with Gasteiger partial charge in [-0.2, -0.15) is 0 Å². The van der Waals surface area contributed by atoms with Gasteiger partial charge in [0.1, 0.15) is 5.65 Å². The van der Waals surface area contributed by atoms with Gasteiger partial charge >= 0.3 is 0 Å². The van der Waals surface area contributed by atoms with Gasteiger partial charge in [-0.25, -0.2) is 4.98 Å². The number of nitrogens with zero attached hydrogens (tertiary/aromatic N) is 1. The number of fused-ring (bicyclic) bond motifs is 3. The van der Waals surface area contributed by atoms with Crippen LogP contribution in [-0.4, -0.2) is 15.9 Å². The third-order valence-electron chi connectivity index (χ3n) is 2.64. The van der Waals surface area contributed by atoms with Gasteiger partial charge in [0.15, 0.2) is 0 Å². The number of H-pyrrole nitrogens is 1. The molecule has 0 aliphatic heterocycles. The highest BCUT2D eigenvalue weighted by atomic mass is 16.1. The lowest BCUT2D eigenvalue weighted by atomic mass is 10.1. The number of hydrogen-bond donors (Lipinski definition) is 2. The Kier molecular flexibility index (Phi) is 1.71. The van der Waals surface area contributed by atoms with Crippen molar-refractivity contribution in [1.29, 1.82) is 0 Å². The number of aromatic amines is 1. The maximum Gasteiger partial charge on any atom is 0.250 e. The number of para-hydroxylation sites is 1.